The molecule has 0 fully saturated rings. The summed E-state index contributed by atoms with van der Waals surface area (Å²) in [5, 5.41) is 14.1. The van der Waals surface area contributed by atoms with Gasteiger partial charge >= 0.3 is 6.09 Å². The minimum Gasteiger partial charge on any atom is -0.464 e. The number of carbonyl (C=O) groups is 1. The van der Waals surface area contributed by atoms with Crippen LogP contribution in [0.2, 0.25) is 0 Å². The van der Waals surface area contributed by atoms with Gasteiger partial charge in [-0.3, -0.25) is 4.68 Å². The summed E-state index contributed by atoms with van der Waals surface area (Å²) < 4.78 is 88.1. The van der Waals surface area contributed by atoms with Gasteiger partial charge in [-0.25, -0.2) is 40.7 Å². The van der Waals surface area contributed by atoms with E-state index in [0.29, 0.717) is 18.2 Å². The van der Waals surface area contributed by atoms with Crippen LogP contribution in [0.15, 0.2) is 47.6 Å². The molecule has 0 aliphatic carbocycles. The molecule has 4 rings (SSSR count). The lowest BCUT2D eigenvalue weighted by atomic mass is 9.95. The zero-order valence-corrected chi connectivity index (χ0v) is 22.0. The second-order valence-electron chi connectivity index (χ2n) is 8.82. The molecular formula is C25H22F4N6O4S. The van der Waals surface area contributed by atoms with Crippen molar-refractivity contribution in [1.29, 1.82) is 0 Å². The van der Waals surface area contributed by atoms with Crippen molar-refractivity contribution < 1.29 is 35.9 Å². The number of carboxylic acid groups (broad SMARTS) is 1. The molecule has 0 saturated carbocycles. The van der Waals surface area contributed by atoms with E-state index in [2.05, 4.69) is 15.1 Å². The number of hydrogen-bond donors (Lipinski definition) is 2. The third-order valence-corrected chi connectivity index (χ3v) is 7.61. The highest BCUT2D eigenvalue weighted by Gasteiger charge is 2.38. The Balaban J connectivity index is 2.08. The van der Waals surface area contributed by atoms with Gasteiger partial charge in [0.1, 0.15) is 33.7 Å². The third kappa shape index (κ3) is 4.95. The molecule has 0 atom stereocenters. The molecule has 4 aromatic rings. The van der Waals surface area contributed by atoms with E-state index >= 15 is 8.78 Å². The number of aryl methyl sites for hydroxylation is 1. The van der Waals surface area contributed by atoms with Crippen molar-refractivity contribution in [3.8, 4) is 22.5 Å². The van der Waals surface area contributed by atoms with Crippen LogP contribution in [0, 0.1) is 23.3 Å². The number of aromatic nitrogens is 4. The summed E-state index contributed by atoms with van der Waals surface area (Å²) in [6, 6.07) is 3.46. The molecule has 0 bridgehead atoms. The van der Waals surface area contributed by atoms with Gasteiger partial charge in [0.15, 0.2) is 5.82 Å². The van der Waals surface area contributed by atoms with Crippen LogP contribution in [0.1, 0.15) is 32.3 Å². The standard InChI is InChI=1S/C25H22F4N6O4S/c1-4-34-11-15(17-7-8-31-24(30)32-17)23(33-34)20-21(28)14(12(2)3)10-18(22(20)29)35(25(36)37)40(38,39)19-9-13(26)5-6-16(19)27/h5-12H,4H2,1-3H3,(H,36,37)(H2,30,31,32). The Morgan fingerprint density at radius 3 is 2.42 bits per heavy atom. The number of nitrogen functional groups attached to an aromatic ring is 1. The largest absolute Gasteiger partial charge is 0.464 e. The lowest BCUT2D eigenvalue weighted by Gasteiger charge is -2.23. The van der Waals surface area contributed by atoms with Gasteiger partial charge in [0, 0.05) is 24.5 Å². The summed E-state index contributed by atoms with van der Waals surface area (Å²) in [4.78, 5) is 18.8. The highest BCUT2D eigenvalue weighted by atomic mass is 32.2. The summed E-state index contributed by atoms with van der Waals surface area (Å²) in [6.07, 6.45) is 0.475. The van der Waals surface area contributed by atoms with Gasteiger partial charge in [0.05, 0.1) is 11.3 Å². The summed E-state index contributed by atoms with van der Waals surface area (Å²) in [5.74, 6) is -6.30. The maximum absolute atomic E-state index is 16.3. The number of benzene rings is 2. The Morgan fingerprint density at radius 1 is 1.12 bits per heavy atom. The maximum atomic E-state index is 16.3. The van der Waals surface area contributed by atoms with Gasteiger partial charge in [-0.2, -0.15) is 9.40 Å². The second kappa shape index (κ2) is 10.6. The molecule has 10 nitrogen and oxygen atoms in total. The molecule has 15 heteroatoms. The Morgan fingerprint density at radius 2 is 1.82 bits per heavy atom. The van der Waals surface area contributed by atoms with E-state index in [1.165, 1.54) is 37.0 Å². The molecular weight excluding hydrogens is 556 g/mol. The van der Waals surface area contributed by atoms with Gasteiger partial charge in [-0.05, 0) is 48.7 Å². The number of rotatable bonds is 7. The minimum absolute atomic E-state index is 0.0847. The van der Waals surface area contributed by atoms with Gasteiger partial charge in [-0.15, -0.1) is 0 Å². The molecule has 0 radical (unpaired) electrons. The molecule has 2 aromatic heterocycles. The van der Waals surface area contributed by atoms with Crippen LogP contribution >= 0.6 is 0 Å². The molecule has 210 valence electrons. The monoisotopic (exact) mass is 578 g/mol. The van der Waals surface area contributed by atoms with Crippen LogP contribution in [0.25, 0.3) is 22.5 Å². The molecule has 0 saturated heterocycles. The highest BCUT2D eigenvalue weighted by molar-refractivity contribution is 7.93. The van der Waals surface area contributed by atoms with Gasteiger partial charge in [0.2, 0.25) is 5.95 Å². The van der Waals surface area contributed by atoms with E-state index in [0.717, 1.165) is 0 Å². The van der Waals surface area contributed by atoms with E-state index in [9.17, 15) is 27.1 Å². The molecule has 0 aliphatic heterocycles. The van der Waals surface area contributed by atoms with E-state index < -0.39 is 65.8 Å². The van der Waals surface area contributed by atoms with Crippen LogP contribution in [0.5, 0.6) is 0 Å². The molecule has 2 heterocycles. The molecule has 3 N–H and O–H groups in total. The molecule has 2 aromatic carbocycles. The quantitative estimate of drug-likeness (QED) is 0.286. The lowest BCUT2D eigenvalue weighted by Crippen LogP contribution is -2.37. The lowest BCUT2D eigenvalue weighted by molar-refractivity contribution is 0.206. The van der Waals surface area contributed by atoms with Crippen LogP contribution in [-0.2, 0) is 16.6 Å². The number of hydrogen-bond acceptors (Lipinski definition) is 7. The normalized spacial score (nSPS) is 11.7. The van der Waals surface area contributed by atoms with Crippen LogP contribution in [0.3, 0.4) is 0 Å². The van der Waals surface area contributed by atoms with Crippen molar-refractivity contribution in [2.24, 2.45) is 0 Å². The van der Waals surface area contributed by atoms with Crippen molar-refractivity contribution in [3.63, 3.8) is 0 Å². The van der Waals surface area contributed by atoms with Gasteiger partial charge in [-0.1, -0.05) is 13.8 Å². The van der Waals surface area contributed by atoms with E-state index in [-0.39, 0.29) is 41.1 Å². The van der Waals surface area contributed by atoms with Crippen molar-refractivity contribution in [2.45, 2.75) is 38.1 Å². The fourth-order valence-electron chi connectivity index (χ4n) is 4.01. The van der Waals surface area contributed by atoms with E-state index in [1.54, 1.807) is 6.92 Å². The fourth-order valence-corrected chi connectivity index (χ4v) is 5.38. The summed E-state index contributed by atoms with van der Waals surface area (Å²) >= 11 is 0. The van der Waals surface area contributed by atoms with Crippen LogP contribution in [0.4, 0.5) is 34.0 Å². The van der Waals surface area contributed by atoms with E-state index in [4.69, 9.17) is 5.73 Å². The summed E-state index contributed by atoms with van der Waals surface area (Å²) in [6.45, 7) is 4.96. The van der Waals surface area contributed by atoms with Crippen LogP contribution in [-0.4, -0.2) is 39.4 Å². The first-order valence-corrected chi connectivity index (χ1v) is 13.1. The number of halogens is 4. The molecule has 0 spiro atoms. The number of nitrogens with two attached hydrogens (primary N) is 1. The first-order chi connectivity index (χ1) is 18.8. The number of sulfonamides is 1. The average Bonchev–Trinajstić information content (AvgIpc) is 3.30. The Kier molecular flexibility index (Phi) is 7.52. The average molecular weight is 579 g/mol. The summed E-state index contributed by atoms with van der Waals surface area (Å²) in [7, 11) is -5.46. The topological polar surface area (TPSA) is 144 Å². The SMILES string of the molecule is CCn1cc(-c2ccnc(N)n2)c(-c2c(F)c(C(C)C)cc(N(C(=O)O)S(=O)(=O)c3cc(F)ccc3F)c2F)n1. The third-order valence-electron chi connectivity index (χ3n) is 5.91. The summed E-state index contributed by atoms with van der Waals surface area (Å²) in [5.41, 5.74) is 3.28. The molecule has 0 unspecified atom stereocenters. The van der Waals surface area contributed by atoms with Crippen LogP contribution < -0.4 is 10.0 Å². The zero-order chi connectivity index (χ0) is 29.5. The first-order valence-electron chi connectivity index (χ1n) is 11.7. The number of amides is 1. The van der Waals surface area contributed by atoms with Crippen molar-refractivity contribution in [2.75, 3.05) is 10.0 Å². The predicted octanol–water partition coefficient (Wildman–Crippen LogP) is 5.16. The van der Waals surface area contributed by atoms with Crippen molar-refractivity contribution >= 4 is 27.8 Å². The highest BCUT2D eigenvalue weighted by Crippen LogP contribution is 2.41. The van der Waals surface area contributed by atoms with E-state index in [1.807, 2.05) is 0 Å². The Labute approximate surface area is 225 Å². The second-order valence-corrected chi connectivity index (χ2v) is 10.6. The predicted molar refractivity (Wildman–Crippen MR) is 137 cm³/mol. The molecule has 1 amide bonds. The van der Waals surface area contributed by atoms with Gasteiger partial charge < -0.3 is 10.8 Å². The minimum atomic E-state index is -5.46. The number of anilines is 2. The first kappa shape index (κ1) is 28.5. The smallest absolute Gasteiger partial charge is 0.426 e. The molecule has 40 heavy (non-hydrogen) atoms. The fraction of sp³-hybridized carbons (Fsp3) is 0.200. The Hall–Kier alpha value is -4.53. The maximum Gasteiger partial charge on any atom is 0.426 e. The van der Waals surface area contributed by atoms with Gasteiger partial charge in [0.25, 0.3) is 10.0 Å². The molecule has 0 aliphatic rings. The Bertz CT molecular complexity index is 1740. The zero-order valence-electron chi connectivity index (χ0n) is 21.2. The number of nitrogens with zero attached hydrogens (tertiary/aromatic N) is 5. The van der Waals surface area contributed by atoms with Crippen molar-refractivity contribution in [1.82, 2.24) is 19.7 Å². The van der Waals surface area contributed by atoms with Crippen molar-refractivity contribution in [3.05, 3.63) is 71.6 Å².